The van der Waals surface area contributed by atoms with E-state index in [1.807, 2.05) is 0 Å². The Balaban J connectivity index is 0.861. The molecule has 1 heteroatoms. The number of aromatic nitrogens is 1. The van der Waals surface area contributed by atoms with Crippen LogP contribution in [0.25, 0.3) is 60.9 Å². The van der Waals surface area contributed by atoms with E-state index >= 15 is 0 Å². The van der Waals surface area contributed by atoms with Gasteiger partial charge in [-0.2, -0.15) is 0 Å². The Bertz CT molecular complexity index is 2800. The summed E-state index contributed by atoms with van der Waals surface area (Å²) < 4.78 is 2.39. The maximum atomic E-state index is 2.48. The molecule has 0 fully saturated rings. The van der Waals surface area contributed by atoms with Gasteiger partial charge >= 0.3 is 0 Å². The van der Waals surface area contributed by atoms with E-state index in [9.17, 15) is 0 Å². The summed E-state index contributed by atoms with van der Waals surface area (Å²) >= 11 is 0. The number of hydrogen-bond acceptors (Lipinski definition) is 0. The molecular weight excluding hydrogens is 699 g/mol. The first-order valence-corrected chi connectivity index (χ1v) is 20.6. The Kier molecular flexibility index (Phi) is 9.71. The van der Waals surface area contributed by atoms with E-state index in [2.05, 4.69) is 229 Å². The van der Waals surface area contributed by atoms with Crippen molar-refractivity contribution in [3.8, 4) is 39.1 Å². The third-order valence-electron chi connectivity index (χ3n) is 12.1. The Morgan fingerprint density at radius 3 is 1.33 bits per heavy atom. The lowest BCUT2D eigenvalue weighted by Gasteiger charge is -2.21. The molecule has 0 spiro atoms. The standard InChI is InChI=1S/C57H45N/c1-3-11-42(12-4-1)45-24-26-47(27-25-45)48-30-34-51(35-31-48)53(50-32-28-46(29-33-50)43-13-5-2-6-14-43)40-21-41-19-22-44(23-20-41)49-36-38-52(39-37-49)58-56-17-9-7-15-54(56)55-16-8-10-18-57(55)58/h1-20,22,24-39,44,53H,21,23,40H2/t44?,53-/m1/s1. The van der Waals surface area contributed by atoms with Crippen LogP contribution in [0.3, 0.4) is 0 Å². The van der Waals surface area contributed by atoms with Crippen molar-refractivity contribution in [3.05, 3.63) is 247 Å². The van der Waals surface area contributed by atoms with Gasteiger partial charge in [-0.1, -0.05) is 206 Å². The zero-order valence-corrected chi connectivity index (χ0v) is 32.6. The molecular formula is C57H45N. The van der Waals surface area contributed by atoms with Gasteiger partial charge in [0, 0.05) is 28.3 Å². The molecule has 0 N–H and O–H groups in total. The van der Waals surface area contributed by atoms with Crippen molar-refractivity contribution in [3.63, 3.8) is 0 Å². The molecule has 58 heavy (non-hydrogen) atoms. The molecule has 0 amide bonds. The molecule has 0 aliphatic heterocycles. The molecule has 278 valence electrons. The van der Waals surface area contributed by atoms with Crippen LogP contribution in [0.15, 0.2) is 230 Å². The van der Waals surface area contributed by atoms with Crippen LogP contribution >= 0.6 is 0 Å². The minimum absolute atomic E-state index is 0.291. The lowest BCUT2D eigenvalue weighted by atomic mass is 9.83. The van der Waals surface area contributed by atoms with E-state index in [4.69, 9.17) is 0 Å². The molecule has 0 radical (unpaired) electrons. The summed E-state index contributed by atoms with van der Waals surface area (Å²) in [4.78, 5) is 0. The first-order valence-electron chi connectivity index (χ1n) is 20.6. The van der Waals surface area contributed by atoms with Gasteiger partial charge in [-0.05, 0) is 93.6 Å². The number of para-hydroxylation sites is 2. The van der Waals surface area contributed by atoms with Crippen molar-refractivity contribution in [1.29, 1.82) is 0 Å². The minimum Gasteiger partial charge on any atom is -0.309 e. The number of allylic oxidation sites excluding steroid dienone is 4. The van der Waals surface area contributed by atoms with E-state index < -0.39 is 0 Å². The van der Waals surface area contributed by atoms with E-state index in [1.54, 1.807) is 0 Å². The molecule has 8 aromatic carbocycles. The van der Waals surface area contributed by atoms with Crippen LogP contribution in [0.1, 0.15) is 47.8 Å². The molecule has 1 unspecified atom stereocenters. The smallest absolute Gasteiger partial charge is 0.0541 e. The molecule has 1 aromatic heterocycles. The maximum Gasteiger partial charge on any atom is 0.0541 e. The van der Waals surface area contributed by atoms with E-state index in [1.165, 1.54) is 83.1 Å². The van der Waals surface area contributed by atoms with Crippen molar-refractivity contribution in [2.45, 2.75) is 31.1 Å². The molecule has 1 aliphatic rings. The molecule has 0 saturated carbocycles. The predicted octanol–water partition coefficient (Wildman–Crippen LogP) is 15.4. The van der Waals surface area contributed by atoms with Gasteiger partial charge in [-0.25, -0.2) is 0 Å². The topological polar surface area (TPSA) is 4.93 Å². The average Bonchev–Trinajstić information content (AvgIpc) is 3.65. The summed E-state index contributed by atoms with van der Waals surface area (Å²) in [6.45, 7) is 0. The summed E-state index contributed by atoms with van der Waals surface area (Å²) in [5, 5.41) is 2.59. The molecule has 10 rings (SSSR count). The normalized spacial score (nSPS) is 14.4. The van der Waals surface area contributed by atoms with Gasteiger partial charge in [0.1, 0.15) is 0 Å². The second-order valence-electron chi connectivity index (χ2n) is 15.6. The number of fused-ring (bicyclic) bond motifs is 3. The van der Waals surface area contributed by atoms with Gasteiger partial charge in [0.05, 0.1) is 11.0 Å². The van der Waals surface area contributed by atoms with E-state index in [0.29, 0.717) is 11.8 Å². The van der Waals surface area contributed by atoms with Crippen LogP contribution in [-0.4, -0.2) is 4.57 Å². The third kappa shape index (κ3) is 7.12. The SMILES string of the molecule is C1=CC(c2ccc(-n3c4ccccc4c4ccccc43)cc2)CC=C1CC[C@H](c1ccc(-c2ccccc2)cc1)c1ccc(-c2ccc(-c3ccccc3)cc2)cc1. The highest BCUT2D eigenvalue weighted by atomic mass is 15.0. The molecule has 0 saturated heterocycles. The molecule has 0 bridgehead atoms. The highest BCUT2D eigenvalue weighted by molar-refractivity contribution is 6.09. The Hall–Kier alpha value is -6.96. The molecule has 1 heterocycles. The summed E-state index contributed by atoms with van der Waals surface area (Å²) in [5.41, 5.74) is 16.7. The van der Waals surface area contributed by atoms with Crippen molar-refractivity contribution >= 4 is 21.8 Å². The van der Waals surface area contributed by atoms with Crippen molar-refractivity contribution in [2.24, 2.45) is 0 Å². The van der Waals surface area contributed by atoms with Gasteiger partial charge in [0.2, 0.25) is 0 Å². The average molecular weight is 744 g/mol. The van der Waals surface area contributed by atoms with Crippen LogP contribution in [0, 0.1) is 0 Å². The fourth-order valence-electron chi connectivity index (χ4n) is 8.94. The van der Waals surface area contributed by atoms with Gasteiger partial charge in [0.15, 0.2) is 0 Å². The highest BCUT2D eigenvalue weighted by Gasteiger charge is 2.18. The second kappa shape index (κ2) is 15.9. The van der Waals surface area contributed by atoms with Crippen molar-refractivity contribution in [2.75, 3.05) is 0 Å². The zero-order valence-electron chi connectivity index (χ0n) is 32.6. The summed E-state index contributed by atoms with van der Waals surface area (Å²) in [7, 11) is 0. The number of hydrogen-bond donors (Lipinski definition) is 0. The summed E-state index contributed by atoms with van der Waals surface area (Å²) in [5.74, 6) is 0.673. The predicted molar refractivity (Wildman–Crippen MR) is 246 cm³/mol. The Labute approximate surface area is 341 Å². The minimum atomic E-state index is 0.291. The van der Waals surface area contributed by atoms with Gasteiger partial charge < -0.3 is 4.57 Å². The first kappa shape index (κ1) is 35.5. The third-order valence-corrected chi connectivity index (χ3v) is 12.1. The van der Waals surface area contributed by atoms with Crippen molar-refractivity contribution < 1.29 is 0 Å². The van der Waals surface area contributed by atoms with Crippen LogP contribution in [0.4, 0.5) is 0 Å². The van der Waals surface area contributed by atoms with Gasteiger partial charge in [0.25, 0.3) is 0 Å². The molecule has 1 nitrogen and oxygen atoms in total. The lowest BCUT2D eigenvalue weighted by Crippen LogP contribution is -2.04. The Morgan fingerprint density at radius 1 is 0.431 bits per heavy atom. The number of rotatable bonds is 10. The monoisotopic (exact) mass is 743 g/mol. The molecule has 1 aliphatic carbocycles. The molecule has 2 atom stereocenters. The number of benzene rings is 8. The fourth-order valence-corrected chi connectivity index (χ4v) is 8.94. The van der Waals surface area contributed by atoms with Crippen LogP contribution in [0.2, 0.25) is 0 Å². The van der Waals surface area contributed by atoms with Gasteiger partial charge in [-0.15, -0.1) is 0 Å². The van der Waals surface area contributed by atoms with Crippen LogP contribution in [-0.2, 0) is 0 Å². The van der Waals surface area contributed by atoms with E-state index in [0.717, 1.165) is 19.3 Å². The molecule has 9 aromatic rings. The summed E-state index contributed by atoms with van der Waals surface area (Å²) in [6.07, 6.45) is 10.4. The van der Waals surface area contributed by atoms with Crippen molar-refractivity contribution in [1.82, 2.24) is 4.57 Å². The first-order chi connectivity index (χ1) is 28.7. The fraction of sp³-hybridized carbons (Fsp3) is 0.0877. The van der Waals surface area contributed by atoms with Crippen LogP contribution in [0.5, 0.6) is 0 Å². The van der Waals surface area contributed by atoms with Gasteiger partial charge in [-0.3, -0.25) is 0 Å². The maximum absolute atomic E-state index is 2.48. The summed E-state index contributed by atoms with van der Waals surface area (Å²) in [6, 6.07) is 75.4. The van der Waals surface area contributed by atoms with E-state index in [-0.39, 0.29) is 0 Å². The van der Waals surface area contributed by atoms with Crippen LogP contribution < -0.4 is 0 Å². The quantitative estimate of drug-likeness (QED) is 0.131. The highest BCUT2D eigenvalue weighted by Crippen LogP contribution is 2.37. The number of nitrogens with zero attached hydrogens (tertiary/aromatic N) is 1. The largest absolute Gasteiger partial charge is 0.309 e. The lowest BCUT2D eigenvalue weighted by molar-refractivity contribution is 0.709. The zero-order chi connectivity index (χ0) is 38.7. The second-order valence-corrected chi connectivity index (χ2v) is 15.6. The Morgan fingerprint density at radius 2 is 0.862 bits per heavy atom.